The lowest BCUT2D eigenvalue weighted by molar-refractivity contribution is -0.117. The lowest BCUT2D eigenvalue weighted by Gasteiger charge is -2.19. The molecule has 3 aromatic rings. The average molecular weight is 439 g/mol. The molecule has 31 heavy (non-hydrogen) atoms. The van der Waals surface area contributed by atoms with Crippen molar-refractivity contribution >= 4 is 21.6 Å². The van der Waals surface area contributed by atoms with E-state index in [-0.39, 0.29) is 11.3 Å². The number of benzene rings is 3. The molecule has 3 aromatic carbocycles. The van der Waals surface area contributed by atoms with E-state index in [4.69, 9.17) is 4.74 Å². The van der Waals surface area contributed by atoms with Crippen LogP contribution in [0.25, 0.3) is 0 Å². The zero-order chi connectivity index (χ0) is 22.3. The van der Waals surface area contributed by atoms with Gasteiger partial charge in [-0.25, -0.2) is 8.42 Å². The normalized spacial score (nSPS) is 12.2. The number of para-hydroxylation sites is 1. The molecule has 1 atom stereocenters. The molecule has 0 fully saturated rings. The number of sulfonamides is 1. The van der Waals surface area contributed by atoms with Crippen LogP contribution in [-0.4, -0.2) is 27.0 Å². The van der Waals surface area contributed by atoms with E-state index >= 15 is 0 Å². The molecule has 0 aromatic heterocycles. The predicted molar refractivity (Wildman–Crippen MR) is 122 cm³/mol. The van der Waals surface area contributed by atoms with Gasteiger partial charge in [0.1, 0.15) is 11.8 Å². The Morgan fingerprint density at radius 3 is 2.23 bits per heavy atom. The summed E-state index contributed by atoms with van der Waals surface area (Å²) < 4.78 is 33.9. The van der Waals surface area contributed by atoms with E-state index in [0.717, 1.165) is 11.1 Å². The number of hydrogen-bond donors (Lipinski definition) is 2. The summed E-state index contributed by atoms with van der Waals surface area (Å²) in [5.41, 5.74) is 2.39. The van der Waals surface area contributed by atoms with Gasteiger partial charge in [-0.2, -0.15) is 4.72 Å². The summed E-state index contributed by atoms with van der Waals surface area (Å²) >= 11 is 0. The summed E-state index contributed by atoms with van der Waals surface area (Å²) in [5, 5.41) is 2.84. The fourth-order valence-electron chi connectivity index (χ4n) is 3.11. The largest absolute Gasteiger partial charge is 0.494 e. The number of aryl methyl sites for hydroxylation is 1. The standard InChI is InChI=1S/C24H26N2O4S/c1-3-30-20-13-15-21(16-14-20)31(28,29)26-23(17-19-10-5-4-6-11-19)24(27)25-22-12-8-7-9-18(22)2/h4-16,23,26H,3,17H2,1-2H3,(H,25,27)/t23-/m0/s1. The average Bonchev–Trinajstić information content (AvgIpc) is 2.76. The van der Waals surface area contributed by atoms with Crippen LogP contribution in [0.15, 0.2) is 83.8 Å². The van der Waals surface area contributed by atoms with Gasteiger partial charge in [0.15, 0.2) is 0 Å². The van der Waals surface area contributed by atoms with Crippen LogP contribution in [0.2, 0.25) is 0 Å². The van der Waals surface area contributed by atoms with Crippen molar-refractivity contribution in [3.8, 4) is 5.75 Å². The highest BCUT2D eigenvalue weighted by Crippen LogP contribution is 2.18. The third kappa shape index (κ3) is 6.16. The summed E-state index contributed by atoms with van der Waals surface area (Å²) in [7, 11) is -3.93. The van der Waals surface area contributed by atoms with E-state index in [1.807, 2.05) is 62.4 Å². The molecule has 6 nitrogen and oxygen atoms in total. The van der Waals surface area contributed by atoms with E-state index in [9.17, 15) is 13.2 Å². The van der Waals surface area contributed by atoms with Crippen LogP contribution in [0, 0.1) is 6.92 Å². The number of carbonyl (C=O) groups is 1. The first-order valence-corrected chi connectivity index (χ1v) is 11.5. The van der Waals surface area contributed by atoms with Gasteiger partial charge in [0, 0.05) is 5.69 Å². The maximum absolute atomic E-state index is 13.1. The molecule has 0 radical (unpaired) electrons. The van der Waals surface area contributed by atoms with Gasteiger partial charge in [0.2, 0.25) is 15.9 Å². The van der Waals surface area contributed by atoms with E-state index in [0.29, 0.717) is 18.0 Å². The Morgan fingerprint density at radius 1 is 0.935 bits per heavy atom. The Hall–Kier alpha value is -3.16. The van der Waals surface area contributed by atoms with Gasteiger partial charge in [-0.05, 0) is 61.7 Å². The summed E-state index contributed by atoms with van der Waals surface area (Å²) in [6.45, 7) is 4.22. The fourth-order valence-corrected chi connectivity index (χ4v) is 4.30. The monoisotopic (exact) mass is 438 g/mol. The number of rotatable bonds is 9. The molecule has 0 aliphatic rings. The van der Waals surface area contributed by atoms with Crippen LogP contribution in [0.1, 0.15) is 18.1 Å². The van der Waals surface area contributed by atoms with E-state index < -0.39 is 22.0 Å². The fraction of sp³-hybridized carbons (Fsp3) is 0.208. The number of ether oxygens (including phenoxy) is 1. The summed E-state index contributed by atoms with van der Waals surface area (Å²) in [6.07, 6.45) is 0.217. The second-order valence-electron chi connectivity index (χ2n) is 7.07. The van der Waals surface area contributed by atoms with Crippen molar-refractivity contribution in [1.29, 1.82) is 0 Å². The molecule has 0 bridgehead atoms. The number of nitrogens with one attached hydrogen (secondary N) is 2. The molecule has 0 aliphatic heterocycles. The number of anilines is 1. The SMILES string of the molecule is CCOc1ccc(S(=O)(=O)N[C@@H](Cc2ccccc2)C(=O)Nc2ccccc2C)cc1. The van der Waals surface area contributed by atoms with Gasteiger partial charge in [-0.3, -0.25) is 4.79 Å². The Kier molecular flexibility index (Phi) is 7.44. The first-order valence-electron chi connectivity index (χ1n) is 10.0. The second-order valence-corrected chi connectivity index (χ2v) is 8.79. The minimum atomic E-state index is -3.93. The van der Waals surface area contributed by atoms with Gasteiger partial charge < -0.3 is 10.1 Å². The molecule has 7 heteroatoms. The molecule has 0 spiro atoms. The third-order valence-electron chi connectivity index (χ3n) is 4.74. The maximum atomic E-state index is 13.1. The number of hydrogen-bond acceptors (Lipinski definition) is 4. The highest BCUT2D eigenvalue weighted by atomic mass is 32.2. The molecule has 0 unspecified atom stereocenters. The lowest BCUT2D eigenvalue weighted by atomic mass is 10.1. The Morgan fingerprint density at radius 2 is 1.58 bits per heavy atom. The summed E-state index contributed by atoms with van der Waals surface area (Å²) in [6, 6.07) is 21.8. The summed E-state index contributed by atoms with van der Waals surface area (Å²) in [4.78, 5) is 13.1. The minimum absolute atomic E-state index is 0.0673. The molecular weight excluding hydrogens is 412 g/mol. The number of carbonyl (C=O) groups excluding carboxylic acids is 1. The van der Waals surface area contributed by atoms with E-state index in [1.165, 1.54) is 12.1 Å². The Bertz CT molecular complexity index is 1110. The lowest BCUT2D eigenvalue weighted by Crippen LogP contribution is -2.45. The summed E-state index contributed by atoms with van der Waals surface area (Å²) in [5.74, 6) is 0.159. The second kappa shape index (κ2) is 10.2. The molecule has 0 aliphatic carbocycles. The van der Waals surface area contributed by atoms with Gasteiger partial charge in [0.25, 0.3) is 0 Å². The molecule has 3 rings (SSSR count). The van der Waals surface area contributed by atoms with Crippen molar-refractivity contribution in [3.63, 3.8) is 0 Å². The first-order chi connectivity index (χ1) is 14.9. The zero-order valence-electron chi connectivity index (χ0n) is 17.5. The highest BCUT2D eigenvalue weighted by molar-refractivity contribution is 7.89. The molecular formula is C24H26N2O4S. The Balaban J connectivity index is 1.84. The first kappa shape index (κ1) is 22.5. The third-order valence-corrected chi connectivity index (χ3v) is 6.23. The van der Waals surface area contributed by atoms with Gasteiger partial charge in [-0.1, -0.05) is 48.5 Å². The van der Waals surface area contributed by atoms with Crippen LogP contribution in [0.5, 0.6) is 5.75 Å². The molecule has 2 N–H and O–H groups in total. The zero-order valence-corrected chi connectivity index (χ0v) is 18.4. The predicted octanol–water partition coefficient (Wildman–Crippen LogP) is 3.92. The molecule has 0 saturated carbocycles. The van der Waals surface area contributed by atoms with Crippen molar-refractivity contribution in [3.05, 3.63) is 90.0 Å². The maximum Gasteiger partial charge on any atom is 0.242 e. The molecule has 1 amide bonds. The van der Waals surface area contributed by atoms with Gasteiger partial charge in [-0.15, -0.1) is 0 Å². The van der Waals surface area contributed by atoms with E-state index in [2.05, 4.69) is 10.0 Å². The smallest absolute Gasteiger partial charge is 0.242 e. The Labute approximate surface area is 183 Å². The molecule has 162 valence electrons. The van der Waals surface area contributed by atoms with E-state index in [1.54, 1.807) is 18.2 Å². The van der Waals surface area contributed by atoms with Crippen molar-refractivity contribution in [2.45, 2.75) is 31.2 Å². The topological polar surface area (TPSA) is 84.5 Å². The van der Waals surface area contributed by atoms with Crippen molar-refractivity contribution in [2.24, 2.45) is 0 Å². The van der Waals surface area contributed by atoms with Gasteiger partial charge in [0.05, 0.1) is 11.5 Å². The van der Waals surface area contributed by atoms with Gasteiger partial charge >= 0.3 is 0 Å². The molecule has 0 saturated heterocycles. The van der Waals surface area contributed by atoms with Crippen LogP contribution < -0.4 is 14.8 Å². The molecule has 0 heterocycles. The van der Waals surface area contributed by atoms with Crippen molar-refractivity contribution < 1.29 is 17.9 Å². The van der Waals surface area contributed by atoms with Crippen LogP contribution >= 0.6 is 0 Å². The van der Waals surface area contributed by atoms with Crippen molar-refractivity contribution in [2.75, 3.05) is 11.9 Å². The van der Waals surface area contributed by atoms with Crippen LogP contribution in [0.3, 0.4) is 0 Å². The minimum Gasteiger partial charge on any atom is -0.494 e. The quantitative estimate of drug-likeness (QED) is 0.530. The van der Waals surface area contributed by atoms with Crippen LogP contribution in [-0.2, 0) is 21.2 Å². The van der Waals surface area contributed by atoms with Crippen LogP contribution in [0.4, 0.5) is 5.69 Å². The van der Waals surface area contributed by atoms with Crippen molar-refractivity contribution in [1.82, 2.24) is 4.72 Å². The number of amides is 1. The highest BCUT2D eigenvalue weighted by Gasteiger charge is 2.26.